The fraction of sp³-hybridized carbons (Fsp3) is 0.400. The van der Waals surface area contributed by atoms with E-state index in [9.17, 15) is 21.6 Å². The minimum absolute atomic E-state index is 0.148. The average Bonchev–Trinajstić information content (AvgIpc) is 2.27. The average molecular weight is 283 g/mol. The summed E-state index contributed by atoms with van der Waals surface area (Å²) in [7, 11) is -2.50. The molecule has 0 spiro atoms. The number of halogens is 3. The van der Waals surface area contributed by atoms with E-state index in [-0.39, 0.29) is 17.2 Å². The van der Waals surface area contributed by atoms with Gasteiger partial charge < -0.3 is 4.74 Å². The lowest BCUT2D eigenvalue weighted by molar-refractivity contribution is -0.138. The van der Waals surface area contributed by atoms with Gasteiger partial charge in [0.1, 0.15) is 5.75 Å². The van der Waals surface area contributed by atoms with Crippen LogP contribution in [0.1, 0.15) is 12.5 Å². The van der Waals surface area contributed by atoms with Crippen molar-refractivity contribution in [3.63, 3.8) is 0 Å². The Labute approximate surface area is 103 Å². The number of ether oxygens (including phenoxy) is 1. The van der Waals surface area contributed by atoms with Gasteiger partial charge in [0.25, 0.3) is 0 Å². The monoisotopic (exact) mass is 283 g/mol. The highest BCUT2D eigenvalue weighted by molar-refractivity contribution is 7.92. The first-order chi connectivity index (χ1) is 8.19. The molecule has 8 heteroatoms. The number of methoxy groups -OCH3 is 1. The van der Waals surface area contributed by atoms with E-state index in [1.807, 2.05) is 4.72 Å². The molecule has 0 unspecified atom stereocenters. The standard InChI is InChI=1S/C10H12F3NO3S/c1-3-18(15,16)14-7-4-5-9(17-2)8(6-7)10(11,12)13/h4-6,14H,3H2,1-2H3. The maximum atomic E-state index is 12.7. The molecular weight excluding hydrogens is 271 g/mol. The van der Waals surface area contributed by atoms with Gasteiger partial charge in [0.2, 0.25) is 10.0 Å². The molecule has 0 fully saturated rings. The fourth-order valence-electron chi connectivity index (χ4n) is 1.24. The lowest BCUT2D eigenvalue weighted by Gasteiger charge is -2.14. The summed E-state index contributed by atoms with van der Waals surface area (Å²) < 4.78 is 67.2. The summed E-state index contributed by atoms with van der Waals surface area (Å²) in [6, 6.07) is 2.98. The highest BCUT2D eigenvalue weighted by atomic mass is 32.2. The van der Waals surface area contributed by atoms with Crippen LogP contribution in [-0.2, 0) is 16.2 Å². The van der Waals surface area contributed by atoms with Gasteiger partial charge in [0.15, 0.2) is 0 Å². The van der Waals surface area contributed by atoms with E-state index in [0.717, 1.165) is 13.2 Å². The Balaban J connectivity index is 3.20. The lowest BCUT2D eigenvalue weighted by Crippen LogP contribution is -2.15. The number of sulfonamides is 1. The number of benzene rings is 1. The third kappa shape index (κ3) is 3.52. The van der Waals surface area contributed by atoms with Crippen molar-refractivity contribution in [3.8, 4) is 5.75 Å². The van der Waals surface area contributed by atoms with Crippen LogP contribution in [0.5, 0.6) is 5.75 Å². The summed E-state index contributed by atoms with van der Waals surface area (Å²) in [5.41, 5.74) is -1.17. The first-order valence-corrected chi connectivity index (χ1v) is 6.60. The van der Waals surface area contributed by atoms with Crippen molar-refractivity contribution in [3.05, 3.63) is 23.8 Å². The second-order valence-corrected chi connectivity index (χ2v) is 5.43. The summed E-state index contributed by atoms with van der Waals surface area (Å²) in [5.74, 6) is -0.581. The topological polar surface area (TPSA) is 55.4 Å². The van der Waals surface area contributed by atoms with Gasteiger partial charge in [-0.05, 0) is 25.1 Å². The van der Waals surface area contributed by atoms with Crippen LogP contribution in [0.25, 0.3) is 0 Å². The number of nitrogens with one attached hydrogen (secondary N) is 1. The van der Waals surface area contributed by atoms with Gasteiger partial charge in [-0.25, -0.2) is 8.42 Å². The minimum Gasteiger partial charge on any atom is -0.496 e. The van der Waals surface area contributed by atoms with Gasteiger partial charge in [-0.15, -0.1) is 0 Å². The maximum absolute atomic E-state index is 12.7. The molecule has 0 heterocycles. The van der Waals surface area contributed by atoms with Crippen molar-refractivity contribution in [2.24, 2.45) is 0 Å². The number of alkyl halides is 3. The van der Waals surface area contributed by atoms with Crippen molar-refractivity contribution >= 4 is 15.7 Å². The summed E-state index contributed by atoms with van der Waals surface area (Å²) in [4.78, 5) is 0. The molecule has 0 aromatic heterocycles. The Morgan fingerprint density at radius 3 is 2.39 bits per heavy atom. The molecule has 0 amide bonds. The van der Waals surface area contributed by atoms with Gasteiger partial charge in [-0.3, -0.25) is 4.72 Å². The van der Waals surface area contributed by atoms with Crippen molar-refractivity contribution in [1.29, 1.82) is 0 Å². The predicted octanol–water partition coefficient (Wildman–Crippen LogP) is 2.48. The van der Waals surface area contributed by atoms with Crippen molar-refractivity contribution in [2.45, 2.75) is 13.1 Å². The van der Waals surface area contributed by atoms with Crippen LogP contribution < -0.4 is 9.46 Å². The first-order valence-electron chi connectivity index (χ1n) is 4.95. The van der Waals surface area contributed by atoms with E-state index < -0.39 is 21.8 Å². The van der Waals surface area contributed by atoms with Gasteiger partial charge >= 0.3 is 6.18 Å². The van der Waals surface area contributed by atoms with E-state index in [1.165, 1.54) is 13.0 Å². The molecule has 0 bridgehead atoms. The summed E-state index contributed by atoms with van der Waals surface area (Å²) >= 11 is 0. The Morgan fingerprint density at radius 2 is 1.94 bits per heavy atom. The molecule has 1 aromatic rings. The Hall–Kier alpha value is -1.44. The highest BCUT2D eigenvalue weighted by Gasteiger charge is 2.34. The number of hydrogen-bond donors (Lipinski definition) is 1. The van der Waals surface area contributed by atoms with Crippen LogP contribution in [0.2, 0.25) is 0 Å². The van der Waals surface area contributed by atoms with E-state index in [2.05, 4.69) is 4.74 Å². The van der Waals surface area contributed by atoms with E-state index >= 15 is 0 Å². The van der Waals surface area contributed by atoms with Crippen LogP contribution in [0, 0.1) is 0 Å². The first kappa shape index (κ1) is 14.6. The molecule has 0 atom stereocenters. The van der Waals surface area contributed by atoms with E-state index in [4.69, 9.17) is 0 Å². The normalized spacial score (nSPS) is 12.3. The lowest BCUT2D eigenvalue weighted by atomic mass is 10.1. The number of rotatable bonds is 4. The van der Waals surface area contributed by atoms with Crippen LogP contribution in [0.4, 0.5) is 18.9 Å². The Bertz CT molecular complexity index is 526. The molecule has 1 N–H and O–H groups in total. The third-order valence-electron chi connectivity index (χ3n) is 2.16. The van der Waals surface area contributed by atoms with Gasteiger partial charge in [-0.1, -0.05) is 0 Å². The summed E-state index contributed by atoms with van der Waals surface area (Å²) in [6.07, 6.45) is -4.61. The second-order valence-electron chi connectivity index (χ2n) is 3.42. The van der Waals surface area contributed by atoms with Crippen LogP contribution in [-0.4, -0.2) is 21.3 Å². The number of hydrogen-bond acceptors (Lipinski definition) is 3. The summed E-state index contributed by atoms with van der Waals surface area (Å²) in [5, 5.41) is 0. The quantitative estimate of drug-likeness (QED) is 0.923. The second kappa shape index (κ2) is 5.05. The maximum Gasteiger partial charge on any atom is 0.420 e. The predicted molar refractivity (Wildman–Crippen MR) is 61.1 cm³/mol. The molecule has 0 saturated carbocycles. The molecule has 102 valence electrons. The molecule has 0 aliphatic carbocycles. The molecule has 0 radical (unpaired) electrons. The van der Waals surface area contributed by atoms with Crippen LogP contribution in [0.15, 0.2) is 18.2 Å². The Morgan fingerprint density at radius 1 is 1.33 bits per heavy atom. The SMILES string of the molecule is CCS(=O)(=O)Nc1ccc(OC)c(C(F)(F)F)c1. The van der Waals surface area contributed by atoms with Crippen LogP contribution >= 0.6 is 0 Å². The molecular formula is C10H12F3NO3S. The molecule has 0 saturated heterocycles. The largest absolute Gasteiger partial charge is 0.496 e. The van der Waals surface area contributed by atoms with Crippen molar-refractivity contribution in [2.75, 3.05) is 17.6 Å². The third-order valence-corrected chi connectivity index (χ3v) is 3.47. The Kier molecular flexibility index (Phi) is 4.10. The molecule has 0 aliphatic heterocycles. The fourth-order valence-corrected chi connectivity index (χ4v) is 1.88. The smallest absolute Gasteiger partial charge is 0.420 e. The molecule has 0 aliphatic rings. The van der Waals surface area contributed by atoms with Gasteiger partial charge in [-0.2, -0.15) is 13.2 Å². The van der Waals surface area contributed by atoms with Crippen LogP contribution in [0.3, 0.4) is 0 Å². The molecule has 18 heavy (non-hydrogen) atoms. The summed E-state index contributed by atoms with van der Waals surface area (Å²) in [6.45, 7) is 1.39. The van der Waals surface area contributed by atoms with Gasteiger partial charge in [0.05, 0.1) is 18.4 Å². The minimum atomic E-state index is -4.61. The highest BCUT2D eigenvalue weighted by Crippen LogP contribution is 2.37. The van der Waals surface area contributed by atoms with E-state index in [0.29, 0.717) is 6.07 Å². The van der Waals surface area contributed by atoms with Crippen molar-refractivity contribution < 1.29 is 26.3 Å². The molecule has 4 nitrogen and oxygen atoms in total. The zero-order valence-electron chi connectivity index (χ0n) is 9.71. The number of anilines is 1. The zero-order chi connectivity index (χ0) is 14.0. The van der Waals surface area contributed by atoms with Crippen molar-refractivity contribution in [1.82, 2.24) is 0 Å². The van der Waals surface area contributed by atoms with E-state index in [1.54, 1.807) is 0 Å². The van der Waals surface area contributed by atoms with Gasteiger partial charge in [0, 0.05) is 5.69 Å². The molecule has 1 aromatic carbocycles. The molecule has 1 rings (SSSR count). The zero-order valence-corrected chi connectivity index (χ0v) is 10.5.